The highest BCUT2D eigenvalue weighted by molar-refractivity contribution is 5.96. The number of carbonyl (C=O) groups excluding carboxylic acids is 3. The Labute approximate surface area is 303 Å². The van der Waals surface area contributed by atoms with Crippen LogP contribution in [0.4, 0.5) is 4.79 Å². The number of hydrogen-bond acceptors (Lipinski definition) is 9. The first-order valence-corrected chi connectivity index (χ1v) is 18.1. The van der Waals surface area contributed by atoms with Crippen LogP contribution in [0.5, 0.6) is 11.6 Å². The van der Waals surface area contributed by atoms with Crippen molar-refractivity contribution < 1.29 is 38.5 Å². The van der Waals surface area contributed by atoms with Crippen LogP contribution in [0.3, 0.4) is 0 Å². The molecule has 1 aromatic heterocycles. The topological polar surface area (TPSA) is 169 Å². The Bertz CT molecular complexity index is 1840. The quantitative estimate of drug-likeness (QED) is 0.269. The van der Waals surface area contributed by atoms with Crippen molar-refractivity contribution in [2.75, 3.05) is 13.2 Å². The lowest BCUT2D eigenvalue weighted by molar-refractivity contribution is -0.145. The fourth-order valence-electron chi connectivity index (χ4n) is 6.88. The summed E-state index contributed by atoms with van der Waals surface area (Å²) in [6.45, 7) is 7.64. The fraction of sp³-hybridized carbons (Fsp3) is 0.487. The van der Waals surface area contributed by atoms with E-state index < -0.39 is 53.2 Å². The van der Waals surface area contributed by atoms with E-state index in [1.165, 1.54) is 4.90 Å². The molecule has 3 heterocycles. The van der Waals surface area contributed by atoms with Crippen molar-refractivity contribution in [3.63, 3.8) is 0 Å². The van der Waals surface area contributed by atoms with Gasteiger partial charge >= 0.3 is 12.1 Å². The number of aromatic nitrogens is 2. The number of benzene rings is 2. The van der Waals surface area contributed by atoms with Gasteiger partial charge in [-0.05, 0) is 89.8 Å². The van der Waals surface area contributed by atoms with Crippen LogP contribution < -0.4 is 20.1 Å². The van der Waals surface area contributed by atoms with E-state index in [-0.39, 0.29) is 31.2 Å². The molecule has 0 unspecified atom stereocenters. The summed E-state index contributed by atoms with van der Waals surface area (Å²) in [5.74, 6) is -1.63. The van der Waals surface area contributed by atoms with Crippen LogP contribution >= 0.6 is 0 Å². The first-order valence-electron chi connectivity index (χ1n) is 18.1. The van der Waals surface area contributed by atoms with E-state index in [0.717, 1.165) is 24.8 Å². The molecule has 3 aromatic rings. The molecular formula is C39H47N5O8. The van der Waals surface area contributed by atoms with Crippen LogP contribution in [-0.2, 0) is 19.1 Å². The molecule has 1 saturated carbocycles. The number of carboxylic acids is 1. The van der Waals surface area contributed by atoms with Gasteiger partial charge in [0.25, 0.3) is 0 Å². The number of ether oxygens (including phenoxy) is 3. The lowest BCUT2D eigenvalue weighted by Gasteiger charge is -2.30. The normalized spacial score (nSPS) is 25.8. The molecule has 13 heteroatoms. The molecule has 6 rings (SSSR count). The molecule has 1 aliphatic carbocycles. The summed E-state index contributed by atoms with van der Waals surface area (Å²) < 4.78 is 17.7. The van der Waals surface area contributed by atoms with Crippen LogP contribution in [0.2, 0.25) is 0 Å². The smallest absolute Gasteiger partial charge is 0.408 e. The first-order chi connectivity index (χ1) is 24.9. The number of fused-ring (bicyclic) bond motifs is 3. The molecule has 3 N–H and O–H groups in total. The molecule has 2 fully saturated rings. The van der Waals surface area contributed by atoms with Crippen LogP contribution in [0.1, 0.15) is 72.6 Å². The highest BCUT2D eigenvalue weighted by atomic mass is 16.6. The third-order valence-electron chi connectivity index (χ3n) is 9.57. The summed E-state index contributed by atoms with van der Waals surface area (Å²) in [6.07, 6.45) is 6.02. The number of allylic oxidation sites excluding steroid dienone is 1. The Balaban J connectivity index is 1.33. The number of nitrogens with zero attached hydrogens (tertiary/aromatic N) is 3. The second-order valence-electron chi connectivity index (χ2n) is 14.6. The maximum Gasteiger partial charge on any atom is 0.408 e. The standard InChI is InChI=1S/C39H47N5O8/c1-5-50-26-19-17-24(18-20-26)32-34(41-29-15-12-11-14-28(29)40-32)51-27-21-31-33(45)43-39(36(47)48)22-25(39)13-9-7-6-8-10-16-30(35(46)44(31)23-27)42-37(49)52-38(2,3)4/h9,11-15,17-20,25,27,30-31H,5-8,10,16,21-23H2,1-4H3,(H,42,49)(H,43,45)(H,47,48)/b13-9-/t25-,27+,30-,31-,39+/m0/s1. The highest BCUT2D eigenvalue weighted by Gasteiger charge is 2.61. The number of nitrogens with one attached hydrogen (secondary N) is 2. The summed E-state index contributed by atoms with van der Waals surface area (Å²) in [4.78, 5) is 65.1. The first kappa shape index (κ1) is 36.6. The van der Waals surface area contributed by atoms with Gasteiger partial charge in [-0.3, -0.25) is 9.59 Å². The van der Waals surface area contributed by atoms with Gasteiger partial charge in [0.15, 0.2) is 0 Å². The molecule has 3 amide bonds. The maximum atomic E-state index is 14.4. The second kappa shape index (κ2) is 15.2. The van der Waals surface area contributed by atoms with Crippen LogP contribution in [0.25, 0.3) is 22.3 Å². The van der Waals surface area contributed by atoms with Gasteiger partial charge in [-0.2, -0.15) is 0 Å². The molecule has 52 heavy (non-hydrogen) atoms. The molecule has 0 radical (unpaired) electrons. The zero-order chi connectivity index (χ0) is 37.0. The van der Waals surface area contributed by atoms with Gasteiger partial charge in [0.05, 0.1) is 24.2 Å². The molecule has 2 aromatic carbocycles. The van der Waals surface area contributed by atoms with E-state index in [9.17, 15) is 24.3 Å². The minimum absolute atomic E-state index is 0.00988. The Morgan fingerprint density at radius 2 is 1.77 bits per heavy atom. The number of alkyl carbamates (subject to hydrolysis) is 1. The number of rotatable bonds is 7. The van der Waals surface area contributed by atoms with Gasteiger partial charge in [0, 0.05) is 17.9 Å². The monoisotopic (exact) mass is 713 g/mol. The summed E-state index contributed by atoms with van der Waals surface area (Å²) in [5.41, 5.74) is 0.227. The van der Waals surface area contributed by atoms with Crippen molar-refractivity contribution in [1.29, 1.82) is 0 Å². The molecule has 13 nitrogen and oxygen atoms in total. The average molecular weight is 714 g/mol. The predicted molar refractivity (Wildman–Crippen MR) is 193 cm³/mol. The van der Waals surface area contributed by atoms with Gasteiger partial charge < -0.3 is 34.9 Å². The summed E-state index contributed by atoms with van der Waals surface area (Å²) in [5, 5.41) is 15.8. The predicted octanol–water partition coefficient (Wildman–Crippen LogP) is 5.42. The van der Waals surface area contributed by atoms with Crippen molar-refractivity contribution in [2.24, 2.45) is 5.92 Å². The highest BCUT2D eigenvalue weighted by Crippen LogP contribution is 2.45. The molecule has 1 saturated heterocycles. The Hall–Kier alpha value is -5.20. The van der Waals surface area contributed by atoms with E-state index in [1.807, 2.05) is 67.6 Å². The minimum atomic E-state index is -1.46. The number of aliphatic carboxylic acids is 1. The summed E-state index contributed by atoms with van der Waals surface area (Å²) >= 11 is 0. The van der Waals surface area contributed by atoms with E-state index in [4.69, 9.17) is 24.2 Å². The van der Waals surface area contributed by atoms with Gasteiger partial charge in [-0.25, -0.2) is 19.6 Å². The largest absolute Gasteiger partial charge is 0.494 e. The van der Waals surface area contributed by atoms with Crippen LogP contribution in [0.15, 0.2) is 60.7 Å². The molecule has 276 valence electrons. The Morgan fingerprint density at radius 3 is 2.46 bits per heavy atom. The van der Waals surface area contributed by atoms with E-state index in [0.29, 0.717) is 41.9 Å². The van der Waals surface area contributed by atoms with Crippen molar-refractivity contribution in [1.82, 2.24) is 25.5 Å². The fourth-order valence-corrected chi connectivity index (χ4v) is 6.88. The molecule has 0 bridgehead atoms. The number of para-hydroxylation sites is 2. The molecule has 0 spiro atoms. The SMILES string of the molecule is CCOc1ccc(-c2nc3ccccc3nc2O[C@@H]2C[C@H]3C(=O)N[C@]4(C(=O)O)C[C@@H]4/C=C\CCCCC[C@H](NC(=O)OC(C)(C)C)C(=O)N3C2)cc1. The number of amides is 3. The van der Waals surface area contributed by atoms with Gasteiger partial charge in [0.2, 0.25) is 17.7 Å². The number of hydrogen-bond donors (Lipinski definition) is 3. The molecular weight excluding hydrogens is 666 g/mol. The van der Waals surface area contributed by atoms with E-state index >= 15 is 0 Å². The molecule has 5 atom stereocenters. The minimum Gasteiger partial charge on any atom is -0.494 e. The zero-order valence-electron chi connectivity index (χ0n) is 30.1. The number of carboxylic acid groups (broad SMARTS) is 1. The Morgan fingerprint density at radius 1 is 1.04 bits per heavy atom. The zero-order valence-corrected chi connectivity index (χ0v) is 30.1. The third kappa shape index (κ3) is 8.29. The molecule has 2 aliphatic heterocycles. The molecule has 3 aliphatic rings. The lowest BCUT2D eigenvalue weighted by Crippen LogP contribution is -2.56. The number of carbonyl (C=O) groups is 4. The van der Waals surface area contributed by atoms with Crippen molar-refractivity contribution in [2.45, 2.75) is 102 Å². The van der Waals surface area contributed by atoms with Crippen molar-refractivity contribution in [3.8, 4) is 22.9 Å². The lowest BCUT2D eigenvalue weighted by atomic mass is 10.0. The van der Waals surface area contributed by atoms with Crippen LogP contribution in [0, 0.1) is 5.92 Å². The average Bonchev–Trinajstić information content (AvgIpc) is 3.63. The van der Waals surface area contributed by atoms with Gasteiger partial charge in [0.1, 0.15) is 40.8 Å². The second-order valence-corrected chi connectivity index (χ2v) is 14.6. The Kier molecular flexibility index (Phi) is 10.7. The summed E-state index contributed by atoms with van der Waals surface area (Å²) in [6, 6.07) is 12.8. The van der Waals surface area contributed by atoms with Crippen molar-refractivity contribution in [3.05, 3.63) is 60.7 Å². The van der Waals surface area contributed by atoms with Crippen molar-refractivity contribution >= 4 is 34.9 Å². The van der Waals surface area contributed by atoms with Gasteiger partial charge in [-0.15, -0.1) is 0 Å². The van der Waals surface area contributed by atoms with E-state index in [2.05, 4.69) is 10.6 Å². The summed E-state index contributed by atoms with van der Waals surface area (Å²) in [7, 11) is 0. The third-order valence-corrected chi connectivity index (χ3v) is 9.57. The van der Waals surface area contributed by atoms with E-state index in [1.54, 1.807) is 20.8 Å². The van der Waals surface area contributed by atoms with Gasteiger partial charge in [-0.1, -0.05) is 37.1 Å². The van der Waals surface area contributed by atoms with Crippen LogP contribution in [-0.4, -0.2) is 86.3 Å². The maximum absolute atomic E-state index is 14.4.